The summed E-state index contributed by atoms with van der Waals surface area (Å²) in [6.45, 7) is 1.95. The van der Waals surface area contributed by atoms with Crippen LogP contribution in [0.4, 0.5) is 0 Å². The molecule has 6 nitrogen and oxygen atoms in total. The van der Waals surface area contributed by atoms with Crippen molar-refractivity contribution in [1.29, 1.82) is 0 Å². The number of aromatic amines is 1. The van der Waals surface area contributed by atoms with E-state index in [0.717, 1.165) is 22.5 Å². The molecular formula is C22H16N4O2S2. The van der Waals surface area contributed by atoms with Crippen LogP contribution in [0.15, 0.2) is 74.5 Å². The molecule has 148 valence electrons. The molecule has 0 saturated heterocycles. The van der Waals surface area contributed by atoms with E-state index in [0.29, 0.717) is 32.7 Å². The fourth-order valence-electron chi connectivity index (χ4n) is 3.17. The van der Waals surface area contributed by atoms with Crippen molar-refractivity contribution >= 4 is 33.3 Å². The smallest absolute Gasteiger partial charge is 0.260 e. The molecule has 0 bridgehead atoms. The summed E-state index contributed by atoms with van der Waals surface area (Å²) in [6.07, 6.45) is 1.59. The first kappa shape index (κ1) is 18.8. The molecule has 0 amide bonds. The van der Waals surface area contributed by atoms with Crippen molar-refractivity contribution in [2.45, 2.75) is 17.8 Å². The number of rotatable bonds is 5. The highest BCUT2D eigenvalue weighted by atomic mass is 32.2. The van der Waals surface area contributed by atoms with Gasteiger partial charge in [0.1, 0.15) is 16.4 Å². The highest BCUT2D eigenvalue weighted by Crippen LogP contribution is 2.31. The number of H-pyrrole nitrogens is 1. The predicted octanol–water partition coefficient (Wildman–Crippen LogP) is 5.30. The van der Waals surface area contributed by atoms with Gasteiger partial charge in [-0.15, -0.1) is 11.3 Å². The third-order valence-corrected chi connectivity index (χ3v) is 6.25. The Morgan fingerprint density at radius 3 is 2.77 bits per heavy atom. The van der Waals surface area contributed by atoms with Crippen molar-refractivity contribution in [2.24, 2.45) is 0 Å². The van der Waals surface area contributed by atoms with Gasteiger partial charge in [-0.1, -0.05) is 42.1 Å². The van der Waals surface area contributed by atoms with Gasteiger partial charge in [-0.2, -0.15) is 0 Å². The zero-order valence-electron chi connectivity index (χ0n) is 16.0. The summed E-state index contributed by atoms with van der Waals surface area (Å²) in [5.41, 5.74) is 3.41. The molecule has 0 spiro atoms. The van der Waals surface area contributed by atoms with E-state index >= 15 is 0 Å². The summed E-state index contributed by atoms with van der Waals surface area (Å²) in [7, 11) is 0. The average molecular weight is 433 g/mol. The Kier molecular flexibility index (Phi) is 4.94. The normalized spacial score (nSPS) is 11.2. The number of nitrogens with one attached hydrogen (secondary N) is 1. The molecular weight excluding hydrogens is 416 g/mol. The van der Waals surface area contributed by atoms with Crippen LogP contribution in [-0.4, -0.2) is 19.9 Å². The first-order valence-electron chi connectivity index (χ1n) is 9.25. The van der Waals surface area contributed by atoms with E-state index in [2.05, 4.69) is 19.9 Å². The number of hydrogen-bond acceptors (Lipinski definition) is 7. The largest absolute Gasteiger partial charge is 0.464 e. The van der Waals surface area contributed by atoms with Crippen LogP contribution in [0.3, 0.4) is 0 Å². The molecule has 0 atom stereocenters. The van der Waals surface area contributed by atoms with E-state index in [4.69, 9.17) is 4.42 Å². The van der Waals surface area contributed by atoms with E-state index < -0.39 is 0 Å². The molecule has 0 fully saturated rings. The van der Waals surface area contributed by atoms with Crippen molar-refractivity contribution in [3.05, 3.63) is 82.0 Å². The van der Waals surface area contributed by atoms with E-state index in [9.17, 15) is 4.79 Å². The summed E-state index contributed by atoms with van der Waals surface area (Å²) < 4.78 is 5.44. The van der Waals surface area contributed by atoms with E-state index in [1.165, 1.54) is 23.1 Å². The Balaban J connectivity index is 1.42. The summed E-state index contributed by atoms with van der Waals surface area (Å²) in [5.74, 6) is 1.73. The van der Waals surface area contributed by atoms with Gasteiger partial charge in [0.25, 0.3) is 5.56 Å². The second-order valence-corrected chi connectivity index (χ2v) is 8.45. The Labute approximate surface area is 180 Å². The van der Waals surface area contributed by atoms with Gasteiger partial charge in [-0.3, -0.25) is 4.79 Å². The van der Waals surface area contributed by atoms with Gasteiger partial charge in [-0.25, -0.2) is 15.0 Å². The number of furan rings is 1. The molecule has 8 heteroatoms. The van der Waals surface area contributed by atoms with Crippen LogP contribution in [0.25, 0.3) is 32.8 Å². The highest BCUT2D eigenvalue weighted by molar-refractivity contribution is 7.98. The highest BCUT2D eigenvalue weighted by Gasteiger charge is 2.15. The van der Waals surface area contributed by atoms with Crippen LogP contribution in [-0.2, 0) is 5.75 Å². The quantitative estimate of drug-likeness (QED) is 0.300. The van der Waals surface area contributed by atoms with Crippen LogP contribution in [0, 0.1) is 6.92 Å². The zero-order valence-corrected chi connectivity index (χ0v) is 17.6. The van der Waals surface area contributed by atoms with E-state index in [-0.39, 0.29) is 5.56 Å². The molecule has 30 heavy (non-hydrogen) atoms. The maximum Gasteiger partial charge on any atom is 0.260 e. The van der Waals surface area contributed by atoms with Crippen LogP contribution in [0.5, 0.6) is 0 Å². The molecule has 5 aromatic rings. The predicted molar refractivity (Wildman–Crippen MR) is 120 cm³/mol. The lowest BCUT2D eigenvalue weighted by Crippen LogP contribution is -2.10. The number of thioether (sulfide) groups is 1. The Hall–Kier alpha value is -3.23. The molecule has 4 aromatic heterocycles. The SMILES string of the molecule is Cc1cc(-c2ccccc2)nc(SCc2nc3scc(-c4ccco4)c3c(=O)[nH]2)n1. The van der Waals surface area contributed by atoms with Crippen LogP contribution >= 0.6 is 23.1 Å². The van der Waals surface area contributed by atoms with E-state index in [1.807, 2.05) is 54.8 Å². The Morgan fingerprint density at radius 2 is 1.97 bits per heavy atom. The van der Waals surface area contributed by atoms with Crippen molar-refractivity contribution < 1.29 is 4.42 Å². The van der Waals surface area contributed by atoms with Gasteiger partial charge in [0.05, 0.1) is 23.1 Å². The fraction of sp³-hybridized carbons (Fsp3) is 0.0909. The molecule has 0 radical (unpaired) electrons. The van der Waals surface area contributed by atoms with Gasteiger partial charge in [0.2, 0.25) is 0 Å². The van der Waals surface area contributed by atoms with Gasteiger partial charge in [0, 0.05) is 22.2 Å². The minimum atomic E-state index is -0.168. The second-order valence-electron chi connectivity index (χ2n) is 6.65. The Bertz CT molecular complexity index is 1380. The molecule has 0 aliphatic carbocycles. The average Bonchev–Trinajstić information content (AvgIpc) is 3.42. The molecule has 0 aliphatic rings. The number of hydrogen-bond donors (Lipinski definition) is 1. The number of nitrogens with zero attached hydrogens (tertiary/aromatic N) is 3. The minimum absolute atomic E-state index is 0.168. The number of aryl methyl sites for hydroxylation is 1. The maximum atomic E-state index is 12.7. The maximum absolute atomic E-state index is 12.7. The summed E-state index contributed by atoms with van der Waals surface area (Å²) in [6, 6.07) is 15.6. The molecule has 0 aliphatic heterocycles. The summed E-state index contributed by atoms with van der Waals surface area (Å²) >= 11 is 2.88. The third-order valence-electron chi connectivity index (χ3n) is 4.52. The molecule has 4 heterocycles. The van der Waals surface area contributed by atoms with Crippen LogP contribution in [0.2, 0.25) is 0 Å². The van der Waals surface area contributed by atoms with Gasteiger partial charge < -0.3 is 9.40 Å². The van der Waals surface area contributed by atoms with Gasteiger partial charge in [-0.05, 0) is 25.1 Å². The van der Waals surface area contributed by atoms with Crippen molar-refractivity contribution in [2.75, 3.05) is 0 Å². The van der Waals surface area contributed by atoms with Gasteiger partial charge in [0.15, 0.2) is 5.16 Å². The number of thiophene rings is 1. The topological polar surface area (TPSA) is 84.7 Å². The van der Waals surface area contributed by atoms with Crippen molar-refractivity contribution in [1.82, 2.24) is 19.9 Å². The van der Waals surface area contributed by atoms with Crippen LogP contribution in [0.1, 0.15) is 11.5 Å². The first-order valence-corrected chi connectivity index (χ1v) is 11.1. The first-order chi connectivity index (χ1) is 14.7. The number of benzene rings is 1. The summed E-state index contributed by atoms with van der Waals surface area (Å²) in [4.78, 5) is 30.1. The monoisotopic (exact) mass is 432 g/mol. The lowest BCUT2D eigenvalue weighted by atomic mass is 10.1. The van der Waals surface area contributed by atoms with Crippen LogP contribution < -0.4 is 5.56 Å². The van der Waals surface area contributed by atoms with E-state index in [1.54, 1.807) is 12.3 Å². The van der Waals surface area contributed by atoms with Gasteiger partial charge >= 0.3 is 0 Å². The molecule has 0 unspecified atom stereocenters. The minimum Gasteiger partial charge on any atom is -0.464 e. The third kappa shape index (κ3) is 3.67. The lowest BCUT2D eigenvalue weighted by molar-refractivity contribution is 0.583. The molecule has 0 saturated carbocycles. The second kappa shape index (κ2) is 7.89. The number of fused-ring (bicyclic) bond motifs is 1. The molecule has 5 rings (SSSR count). The molecule has 1 aromatic carbocycles. The lowest BCUT2D eigenvalue weighted by Gasteiger charge is -2.06. The van der Waals surface area contributed by atoms with Crippen molar-refractivity contribution in [3.63, 3.8) is 0 Å². The standard InChI is InChI=1S/C22H16N4O2S2/c1-13-10-16(14-6-3-2-4-7-14)24-22(23-13)30-12-18-25-20(27)19-15(11-29-21(19)26-18)17-8-5-9-28-17/h2-11H,12H2,1H3,(H,25,26,27). The fourth-order valence-corrected chi connectivity index (χ4v) is 4.89. The Morgan fingerprint density at radius 1 is 1.10 bits per heavy atom. The number of aromatic nitrogens is 4. The molecule has 1 N–H and O–H groups in total. The van der Waals surface area contributed by atoms with Crippen molar-refractivity contribution in [3.8, 4) is 22.6 Å². The zero-order chi connectivity index (χ0) is 20.5. The summed E-state index contributed by atoms with van der Waals surface area (Å²) in [5, 5.41) is 3.11.